The molecule has 0 saturated heterocycles. The predicted octanol–water partition coefficient (Wildman–Crippen LogP) is 1.34. The molecule has 9 nitrogen and oxygen atoms in total. The minimum atomic E-state index is -0.771. The largest absolute Gasteiger partial charge is 0.359 e. The lowest BCUT2D eigenvalue weighted by molar-refractivity contribution is -0.384. The van der Waals surface area contributed by atoms with Gasteiger partial charge in [0.15, 0.2) is 0 Å². The number of para-hydroxylation sites is 1. The third kappa shape index (κ3) is 2.21. The molecule has 2 aromatic carbocycles. The second-order valence-electron chi connectivity index (χ2n) is 5.86. The highest BCUT2D eigenvalue weighted by atomic mass is 16.6. The SMILES string of the molecule is O=C1CC(c2cccc([N+](=O)[O-])c2)n2c(=O)n(-c3ccccc3)c(=O)n21. The lowest BCUT2D eigenvalue weighted by Gasteiger charge is -2.10. The van der Waals surface area contributed by atoms with Gasteiger partial charge in [-0.25, -0.2) is 18.8 Å². The molecule has 130 valence electrons. The summed E-state index contributed by atoms with van der Waals surface area (Å²) >= 11 is 0. The second kappa shape index (κ2) is 5.66. The van der Waals surface area contributed by atoms with Gasteiger partial charge in [-0.15, -0.1) is 0 Å². The summed E-state index contributed by atoms with van der Waals surface area (Å²) in [6, 6.07) is 13.2. The highest BCUT2D eigenvalue weighted by Crippen LogP contribution is 2.28. The molecule has 9 heteroatoms. The maximum absolute atomic E-state index is 12.8. The molecule has 0 radical (unpaired) electrons. The van der Waals surface area contributed by atoms with E-state index >= 15 is 0 Å². The first-order valence-electron chi connectivity index (χ1n) is 7.78. The van der Waals surface area contributed by atoms with Crippen molar-refractivity contribution in [2.45, 2.75) is 12.5 Å². The summed E-state index contributed by atoms with van der Waals surface area (Å²) in [5.74, 6) is -0.529. The normalized spacial score (nSPS) is 15.8. The van der Waals surface area contributed by atoms with Gasteiger partial charge in [0.2, 0.25) is 0 Å². The summed E-state index contributed by atoms with van der Waals surface area (Å²) in [7, 11) is 0. The molecule has 0 N–H and O–H groups in total. The van der Waals surface area contributed by atoms with Gasteiger partial charge < -0.3 is 0 Å². The molecule has 0 fully saturated rings. The molecule has 0 bridgehead atoms. The van der Waals surface area contributed by atoms with E-state index in [1.54, 1.807) is 36.4 Å². The lowest BCUT2D eigenvalue weighted by Crippen LogP contribution is -2.30. The van der Waals surface area contributed by atoms with Gasteiger partial charge in [-0.2, -0.15) is 4.68 Å². The maximum atomic E-state index is 12.8. The number of fused-ring (bicyclic) bond motifs is 1. The van der Waals surface area contributed by atoms with E-state index < -0.39 is 28.3 Å². The Balaban J connectivity index is 1.93. The highest BCUT2D eigenvalue weighted by Gasteiger charge is 2.36. The van der Waals surface area contributed by atoms with Crippen molar-refractivity contribution in [3.05, 3.63) is 91.2 Å². The van der Waals surface area contributed by atoms with Crippen LogP contribution < -0.4 is 11.4 Å². The molecule has 26 heavy (non-hydrogen) atoms. The molecule has 1 aliphatic rings. The summed E-state index contributed by atoms with van der Waals surface area (Å²) in [6.45, 7) is 0. The number of aromatic nitrogens is 3. The average Bonchev–Trinajstić information content (AvgIpc) is 3.12. The number of hydrogen-bond donors (Lipinski definition) is 0. The fourth-order valence-corrected chi connectivity index (χ4v) is 3.20. The van der Waals surface area contributed by atoms with E-state index in [-0.39, 0.29) is 12.1 Å². The Hall–Kier alpha value is -3.75. The molecular weight excluding hydrogens is 340 g/mol. The Morgan fingerprint density at radius 1 is 0.962 bits per heavy atom. The Morgan fingerprint density at radius 3 is 2.38 bits per heavy atom. The molecule has 4 rings (SSSR count). The van der Waals surface area contributed by atoms with Crippen molar-refractivity contribution < 1.29 is 9.72 Å². The summed E-state index contributed by atoms with van der Waals surface area (Å²) in [4.78, 5) is 48.3. The molecule has 3 aromatic rings. The number of nitro groups is 1. The van der Waals surface area contributed by atoms with Crippen LogP contribution in [0.25, 0.3) is 5.69 Å². The molecular formula is C17H12N4O5. The number of rotatable bonds is 3. The molecule has 2 heterocycles. The third-order valence-electron chi connectivity index (χ3n) is 4.35. The molecule has 0 spiro atoms. The Kier molecular flexibility index (Phi) is 3.43. The van der Waals surface area contributed by atoms with Gasteiger partial charge in [-0.3, -0.25) is 14.9 Å². The molecule has 1 unspecified atom stereocenters. The highest BCUT2D eigenvalue weighted by molar-refractivity contribution is 5.80. The van der Waals surface area contributed by atoms with Gasteiger partial charge in [-0.1, -0.05) is 30.3 Å². The molecule has 0 aliphatic carbocycles. The minimum absolute atomic E-state index is 0.110. The number of nitrogens with zero attached hydrogens (tertiary/aromatic N) is 4. The first-order valence-corrected chi connectivity index (χ1v) is 7.78. The van der Waals surface area contributed by atoms with Crippen LogP contribution in [0.15, 0.2) is 64.2 Å². The third-order valence-corrected chi connectivity index (χ3v) is 4.35. The number of non-ortho nitro benzene ring substituents is 1. The van der Waals surface area contributed by atoms with E-state index in [4.69, 9.17) is 0 Å². The summed E-state index contributed by atoms with van der Waals surface area (Å²) in [6.07, 6.45) is -0.110. The van der Waals surface area contributed by atoms with Crippen molar-refractivity contribution in [3.63, 3.8) is 0 Å². The van der Waals surface area contributed by atoms with E-state index in [9.17, 15) is 24.5 Å². The summed E-state index contributed by atoms with van der Waals surface area (Å²) in [5.41, 5.74) is -0.789. The van der Waals surface area contributed by atoms with Crippen molar-refractivity contribution in [3.8, 4) is 5.69 Å². The Labute approximate surface area is 145 Å². The van der Waals surface area contributed by atoms with Crippen LogP contribution in [-0.4, -0.2) is 24.8 Å². The van der Waals surface area contributed by atoms with Crippen LogP contribution in [0.3, 0.4) is 0 Å². The maximum Gasteiger partial charge on any atom is 0.359 e. The molecule has 1 atom stereocenters. The number of carbonyl (C=O) groups excluding carboxylic acids is 1. The average molecular weight is 352 g/mol. The summed E-state index contributed by atoms with van der Waals surface area (Å²) in [5, 5.41) is 11.0. The fourth-order valence-electron chi connectivity index (χ4n) is 3.20. The van der Waals surface area contributed by atoms with Crippen LogP contribution in [-0.2, 0) is 0 Å². The standard InChI is InChI=1S/C17H12N4O5/c22-15-10-14(11-5-4-8-13(9-11)21(25)26)19-16(23)18(17(24)20(15)19)12-6-2-1-3-7-12/h1-9,14H,10H2. The molecule has 0 amide bonds. The van der Waals surface area contributed by atoms with E-state index in [2.05, 4.69) is 0 Å². The van der Waals surface area contributed by atoms with Crippen LogP contribution in [0.2, 0.25) is 0 Å². The zero-order valence-electron chi connectivity index (χ0n) is 13.3. The number of nitro benzene ring substituents is 1. The van der Waals surface area contributed by atoms with Gasteiger partial charge in [0.25, 0.3) is 11.6 Å². The molecule has 0 saturated carbocycles. The van der Waals surface area contributed by atoms with Gasteiger partial charge in [0.1, 0.15) is 0 Å². The van der Waals surface area contributed by atoms with Crippen LogP contribution in [0, 0.1) is 10.1 Å². The van der Waals surface area contributed by atoms with E-state index in [0.717, 1.165) is 13.9 Å². The van der Waals surface area contributed by atoms with Crippen LogP contribution in [0.1, 0.15) is 22.8 Å². The lowest BCUT2D eigenvalue weighted by atomic mass is 10.0. The van der Waals surface area contributed by atoms with Crippen molar-refractivity contribution in [1.29, 1.82) is 0 Å². The van der Waals surface area contributed by atoms with Gasteiger partial charge in [0.05, 0.1) is 23.1 Å². The zero-order chi connectivity index (χ0) is 18.4. The summed E-state index contributed by atoms with van der Waals surface area (Å²) < 4.78 is 2.79. The van der Waals surface area contributed by atoms with Gasteiger partial charge >= 0.3 is 11.4 Å². The van der Waals surface area contributed by atoms with Gasteiger partial charge in [-0.05, 0) is 17.7 Å². The van der Waals surface area contributed by atoms with Crippen molar-refractivity contribution in [2.75, 3.05) is 0 Å². The number of benzene rings is 2. The topological polar surface area (TPSA) is 109 Å². The quantitative estimate of drug-likeness (QED) is 0.522. The minimum Gasteiger partial charge on any atom is -0.272 e. The smallest absolute Gasteiger partial charge is 0.272 e. The fraction of sp³-hybridized carbons (Fsp3) is 0.118. The van der Waals surface area contributed by atoms with E-state index in [1.807, 2.05) is 0 Å². The first kappa shape index (κ1) is 15.8. The molecule has 1 aliphatic heterocycles. The van der Waals surface area contributed by atoms with Gasteiger partial charge in [0, 0.05) is 12.1 Å². The van der Waals surface area contributed by atoms with E-state index in [0.29, 0.717) is 11.3 Å². The first-order chi connectivity index (χ1) is 12.5. The van der Waals surface area contributed by atoms with E-state index in [1.165, 1.54) is 18.2 Å². The Morgan fingerprint density at radius 2 is 1.69 bits per heavy atom. The zero-order valence-corrected chi connectivity index (χ0v) is 13.3. The van der Waals surface area contributed by atoms with Crippen LogP contribution in [0.5, 0.6) is 0 Å². The Bertz CT molecular complexity index is 1160. The van der Waals surface area contributed by atoms with Crippen molar-refractivity contribution in [2.24, 2.45) is 0 Å². The van der Waals surface area contributed by atoms with Crippen LogP contribution in [0.4, 0.5) is 5.69 Å². The van der Waals surface area contributed by atoms with Crippen molar-refractivity contribution >= 4 is 11.6 Å². The van der Waals surface area contributed by atoms with Crippen LogP contribution >= 0.6 is 0 Å². The number of hydrogen-bond acceptors (Lipinski definition) is 5. The molecule has 1 aromatic heterocycles. The second-order valence-corrected chi connectivity index (χ2v) is 5.86. The number of carbonyl (C=O) groups is 1. The predicted molar refractivity (Wildman–Crippen MR) is 90.8 cm³/mol. The van der Waals surface area contributed by atoms with Crippen molar-refractivity contribution in [1.82, 2.24) is 13.9 Å². The monoisotopic (exact) mass is 352 g/mol.